The van der Waals surface area contributed by atoms with Crippen molar-refractivity contribution in [2.75, 3.05) is 7.11 Å². The average Bonchev–Trinajstić information content (AvgIpc) is 3.06. The highest BCUT2D eigenvalue weighted by Gasteiger charge is 2.49. The van der Waals surface area contributed by atoms with Crippen LogP contribution in [0.3, 0.4) is 0 Å². The Balaban J connectivity index is 2.35. The van der Waals surface area contributed by atoms with E-state index < -0.39 is 29.9 Å². The van der Waals surface area contributed by atoms with Crippen molar-refractivity contribution < 1.29 is 24.5 Å². The van der Waals surface area contributed by atoms with Crippen LogP contribution in [0.1, 0.15) is 66.2 Å². The molecule has 1 saturated heterocycles. The average molecular weight is 381 g/mol. The first-order chi connectivity index (χ1) is 12.7. The monoisotopic (exact) mass is 380 g/mol. The molecule has 2 heterocycles. The molecule has 0 aromatic carbocycles. The molecule has 0 amide bonds. The number of aliphatic hydroxyl groups is 2. The van der Waals surface area contributed by atoms with Crippen molar-refractivity contribution in [1.82, 2.24) is 0 Å². The zero-order valence-electron chi connectivity index (χ0n) is 17.4. The minimum atomic E-state index is -1.02. The molecule has 0 radical (unpaired) electrons. The topological polar surface area (TPSA) is 76.0 Å². The van der Waals surface area contributed by atoms with E-state index in [1.165, 1.54) is 12.7 Å². The summed E-state index contributed by atoms with van der Waals surface area (Å²) in [6, 6.07) is 0. The zero-order valence-corrected chi connectivity index (χ0v) is 17.4. The van der Waals surface area contributed by atoms with Gasteiger partial charge in [0.05, 0.1) is 31.0 Å². The van der Waals surface area contributed by atoms with Gasteiger partial charge in [-0.05, 0) is 65.2 Å². The lowest BCUT2D eigenvalue weighted by atomic mass is 9.80. The van der Waals surface area contributed by atoms with Gasteiger partial charge in [-0.25, -0.2) is 4.79 Å². The molecule has 0 aromatic heterocycles. The third-order valence-electron chi connectivity index (χ3n) is 6.30. The van der Waals surface area contributed by atoms with Crippen LogP contribution in [-0.4, -0.2) is 47.2 Å². The largest absolute Gasteiger partial charge is 0.466 e. The minimum Gasteiger partial charge on any atom is -0.466 e. The number of hydrogen-bond donors (Lipinski definition) is 2. The smallest absolute Gasteiger partial charge is 0.333 e. The Labute approximate surface area is 163 Å². The van der Waals surface area contributed by atoms with Crippen molar-refractivity contribution in [3.05, 3.63) is 23.3 Å². The van der Waals surface area contributed by atoms with Gasteiger partial charge in [0.2, 0.25) is 0 Å². The van der Waals surface area contributed by atoms with E-state index in [4.69, 9.17) is 9.47 Å². The molecular formula is C22H36O5. The molecular weight excluding hydrogens is 344 g/mol. The molecule has 0 aromatic rings. The number of allylic oxidation sites excluding steroid dienone is 3. The van der Waals surface area contributed by atoms with E-state index in [-0.39, 0.29) is 11.8 Å². The molecule has 154 valence electrons. The zero-order chi connectivity index (χ0) is 20.2. The SMILES string of the molecule is C/C=C(\C(=O)OC)[C@@H]1C[C@@H]2O[C@H]1[C@@H](O)[C@H](C)CCC/C(C)=C/CC[C@@]2(C)O. The molecule has 6 atom stereocenters. The fourth-order valence-corrected chi connectivity index (χ4v) is 4.40. The van der Waals surface area contributed by atoms with Crippen molar-refractivity contribution in [2.45, 2.75) is 90.1 Å². The fourth-order valence-electron chi connectivity index (χ4n) is 4.40. The quantitative estimate of drug-likeness (QED) is 0.435. The Hall–Kier alpha value is -1.17. The fraction of sp³-hybridized carbons (Fsp3) is 0.773. The number of carbonyl (C=O) groups is 1. The van der Waals surface area contributed by atoms with Crippen molar-refractivity contribution in [2.24, 2.45) is 11.8 Å². The summed E-state index contributed by atoms with van der Waals surface area (Å²) < 4.78 is 11.2. The number of aliphatic hydroxyl groups excluding tert-OH is 1. The van der Waals surface area contributed by atoms with Crippen LogP contribution in [-0.2, 0) is 14.3 Å². The van der Waals surface area contributed by atoms with Crippen molar-refractivity contribution in [3.63, 3.8) is 0 Å². The van der Waals surface area contributed by atoms with Gasteiger partial charge in [0, 0.05) is 11.5 Å². The van der Waals surface area contributed by atoms with Crippen LogP contribution in [0, 0.1) is 11.8 Å². The van der Waals surface area contributed by atoms with Crippen LogP contribution in [0.15, 0.2) is 23.3 Å². The summed E-state index contributed by atoms with van der Waals surface area (Å²) in [5.41, 5.74) is 0.836. The number of esters is 1. The molecule has 0 aliphatic carbocycles. The summed E-state index contributed by atoms with van der Waals surface area (Å²) in [5.74, 6) is -0.627. The summed E-state index contributed by atoms with van der Waals surface area (Å²) in [6.45, 7) is 7.76. The van der Waals surface area contributed by atoms with Gasteiger partial charge < -0.3 is 19.7 Å². The second-order valence-corrected chi connectivity index (χ2v) is 8.47. The summed E-state index contributed by atoms with van der Waals surface area (Å²) in [5, 5.41) is 22.1. The Kier molecular flexibility index (Phi) is 7.66. The normalized spacial score (nSPS) is 40.9. The third kappa shape index (κ3) is 5.21. The second-order valence-electron chi connectivity index (χ2n) is 8.47. The maximum atomic E-state index is 12.3. The molecule has 5 heteroatoms. The lowest BCUT2D eigenvalue weighted by molar-refractivity contribution is -0.139. The number of rotatable bonds is 2. The molecule has 5 nitrogen and oxygen atoms in total. The van der Waals surface area contributed by atoms with Crippen LogP contribution >= 0.6 is 0 Å². The summed E-state index contributed by atoms with van der Waals surface area (Å²) in [4.78, 5) is 12.3. The van der Waals surface area contributed by atoms with E-state index in [1.54, 1.807) is 19.9 Å². The first-order valence-corrected chi connectivity index (χ1v) is 10.2. The number of ether oxygens (including phenoxy) is 2. The Morgan fingerprint density at radius 3 is 2.78 bits per heavy atom. The lowest BCUT2D eigenvalue weighted by Crippen LogP contribution is -2.41. The predicted molar refractivity (Wildman–Crippen MR) is 105 cm³/mol. The van der Waals surface area contributed by atoms with Gasteiger partial charge in [-0.1, -0.05) is 24.6 Å². The number of hydrogen-bond acceptors (Lipinski definition) is 5. The van der Waals surface area contributed by atoms with E-state index in [9.17, 15) is 15.0 Å². The third-order valence-corrected chi connectivity index (χ3v) is 6.30. The van der Waals surface area contributed by atoms with Crippen LogP contribution in [0.5, 0.6) is 0 Å². The van der Waals surface area contributed by atoms with E-state index in [0.29, 0.717) is 18.4 Å². The highest BCUT2D eigenvalue weighted by atomic mass is 16.5. The molecule has 2 N–H and O–H groups in total. The standard InChI is InChI=1S/C22H36O5/c1-6-16(21(24)26-5)17-13-18-22(4,25)12-8-10-14(2)9-7-11-15(3)19(23)20(17)27-18/h6,10,15,17-20,23,25H,7-9,11-13H2,1-5H3/b14-10+,16-6-/t15-,17+,18+,19+,20-,22-/m1/s1. The van der Waals surface area contributed by atoms with Gasteiger partial charge >= 0.3 is 5.97 Å². The Morgan fingerprint density at radius 1 is 1.44 bits per heavy atom. The van der Waals surface area contributed by atoms with Crippen molar-refractivity contribution in [1.29, 1.82) is 0 Å². The van der Waals surface area contributed by atoms with Crippen LogP contribution in [0.25, 0.3) is 0 Å². The van der Waals surface area contributed by atoms with Crippen LogP contribution < -0.4 is 0 Å². The maximum Gasteiger partial charge on any atom is 0.333 e. The molecule has 27 heavy (non-hydrogen) atoms. The van der Waals surface area contributed by atoms with Gasteiger partial charge in [0.1, 0.15) is 0 Å². The van der Waals surface area contributed by atoms with Crippen LogP contribution in [0.2, 0.25) is 0 Å². The molecule has 1 fully saturated rings. The summed E-state index contributed by atoms with van der Waals surface area (Å²) in [6.07, 6.45) is 7.08. The lowest BCUT2D eigenvalue weighted by Gasteiger charge is -2.31. The molecule has 2 aliphatic heterocycles. The molecule has 2 aliphatic rings. The molecule has 2 rings (SSSR count). The van der Waals surface area contributed by atoms with Gasteiger partial charge in [-0.2, -0.15) is 0 Å². The van der Waals surface area contributed by atoms with Gasteiger partial charge in [0.15, 0.2) is 0 Å². The maximum absolute atomic E-state index is 12.3. The van der Waals surface area contributed by atoms with Crippen molar-refractivity contribution >= 4 is 5.97 Å². The van der Waals surface area contributed by atoms with Gasteiger partial charge in [0.25, 0.3) is 0 Å². The number of methoxy groups -OCH3 is 1. The van der Waals surface area contributed by atoms with E-state index >= 15 is 0 Å². The first kappa shape index (κ1) is 22.1. The van der Waals surface area contributed by atoms with E-state index in [0.717, 1.165) is 25.7 Å². The second kappa shape index (κ2) is 9.35. The van der Waals surface area contributed by atoms with E-state index in [1.807, 2.05) is 6.92 Å². The number of carbonyl (C=O) groups excluding carboxylic acids is 1. The highest BCUT2D eigenvalue weighted by molar-refractivity contribution is 5.89. The molecule has 0 saturated carbocycles. The number of fused-ring (bicyclic) bond motifs is 2. The van der Waals surface area contributed by atoms with Crippen molar-refractivity contribution in [3.8, 4) is 0 Å². The molecule has 0 spiro atoms. The summed E-state index contributed by atoms with van der Waals surface area (Å²) >= 11 is 0. The molecule has 0 unspecified atom stereocenters. The Bertz CT molecular complexity index is 577. The predicted octanol–water partition coefficient (Wildman–Crippen LogP) is 3.54. The van der Waals surface area contributed by atoms with Gasteiger partial charge in [-0.3, -0.25) is 0 Å². The van der Waals surface area contributed by atoms with E-state index in [2.05, 4.69) is 13.0 Å². The highest BCUT2D eigenvalue weighted by Crippen LogP contribution is 2.42. The summed E-state index contributed by atoms with van der Waals surface area (Å²) in [7, 11) is 1.37. The minimum absolute atomic E-state index is 0.0468. The first-order valence-electron chi connectivity index (χ1n) is 10.2. The van der Waals surface area contributed by atoms with Gasteiger partial charge in [-0.15, -0.1) is 0 Å². The Morgan fingerprint density at radius 2 is 2.15 bits per heavy atom. The molecule has 2 bridgehead atoms. The van der Waals surface area contributed by atoms with Crippen LogP contribution in [0.4, 0.5) is 0 Å².